The van der Waals surface area contributed by atoms with Crippen LogP contribution >= 0.6 is 27.3 Å². The maximum Gasteiger partial charge on any atom is 0.410 e. The predicted octanol–water partition coefficient (Wildman–Crippen LogP) is 3.26. The van der Waals surface area contributed by atoms with Gasteiger partial charge in [-0.25, -0.2) is 4.79 Å². The van der Waals surface area contributed by atoms with E-state index in [2.05, 4.69) is 15.9 Å². The van der Waals surface area contributed by atoms with E-state index in [0.29, 0.717) is 19.6 Å². The Bertz CT molecular complexity index is 494. The molecule has 0 fully saturated rings. The van der Waals surface area contributed by atoms with Gasteiger partial charge in [-0.1, -0.05) is 0 Å². The molecule has 6 heteroatoms. The average Bonchev–Trinajstić information content (AvgIpc) is 2.60. The first-order chi connectivity index (χ1) is 8.81. The van der Waals surface area contributed by atoms with Crippen molar-refractivity contribution in [3.8, 4) is 0 Å². The number of amides is 1. The molecule has 1 aromatic heterocycles. The molecule has 19 heavy (non-hydrogen) atoms. The zero-order valence-corrected chi connectivity index (χ0v) is 13.9. The second-order valence-corrected chi connectivity index (χ2v) is 8.04. The summed E-state index contributed by atoms with van der Waals surface area (Å²) >= 11 is 5.21. The minimum absolute atomic E-state index is 0.239. The van der Waals surface area contributed by atoms with Gasteiger partial charge in [-0.2, -0.15) is 0 Å². The molecule has 0 spiro atoms. The lowest BCUT2D eigenvalue weighted by Crippen LogP contribution is -2.39. The van der Waals surface area contributed by atoms with Gasteiger partial charge in [-0.3, -0.25) is 0 Å². The summed E-state index contributed by atoms with van der Waals surface area (Å²) in [7, 11) is 0. The predicted molar refractivity (Wildman–Crippen MR) is 80.3 cm³/mol. The van der Waals surface area contributed by atoms with Gasteiger partial charge in [0.25, 0.3) is 0 Å². The first kappa shape index (κ1) is 14.8. The van der Waals surface area contributed by atoms with E-state index < -0.39 is 5.60 Å². The highest BCUT2D eigenvalue weighted by Crippen LogP contribution is 2.36. The molecule has 0 aromatic carbocycles. The van der Waals surface area contributed by atoms with E-state index in [9.17, 15) is 4.79 Å². The third-order valence-electron chi connectivity index (χ3n) is 2.97. The summed E-state index contributed by atoms with van der Waals surface area (Å²) in [6.07, 6.45) is 0.611. The van der Waals surface area contributed by atoms with E-state index in [0.717, 1.165) is 10.2 Å². The van der Waals surface area contributed by atoms with Gasteiger partial charge in [0, 0.05) is 18.0 Å². The van der Waals surface area contributed by atoms with Crippen molar-refractivity contribution < 1.29 is 9.53 Å². The van der Waals surface area contributed by atoms with Gasteiger partial charge in [0.1, 0.15) is 5.60 Å². The number of carbonyl (C=O) groups is 1. The molecule has 1 amide bonds. The Balaban J connectivity index is 2.12. The first-order valence-corrected chi connectivity index (χ1v) is 7.89. The van der Waals surface area contributed by atoms with E-state index in [1.165, 1.54) is 16.0 Å². The molecule has 1 aliphatic heterocycles. The normalized spacial score (nSPS) is 15.3. The van der Waals surface area contributed by atoms with Gasteiger partial charge in [0.05, 0.1) is 10.3 Å². The average molecular weight is 347 g/mol. The number of halogens is 1. The van der Waals surface area contributed by atoms with Gasteiger partial charge in [0.15, 0.2) is 0 Å². The van der Waals surface area contributed by atoms with E-state index in [-0.39, 0.29) is 6.09 Å². The number of nitrogens with zero attached hydrogens (tertiary/aromatic N) is 1. The second-order valence-electron chi connectivity index (χ2n) is 5.61. The number of fused-ring (bicyclic) bond motifs is 1. The third kappa shape index (κ3) is 3.30. The van der Waals surface area contributed by atoms with Crippen molar-refractivity contribution in [3.05, 3.63) is 19.8 Å². The molecule has 2 N–H and O–H groups in total. The lowest BCUT2D eigenvalue weighted by Gasteiger charge is -2.30. The fourth-order valence-corrected chi connectivity index (χ4v) is 4.22. The summed E-state index contributed by atoms with van der Waals surface area (Å²) in [5.41, 5.74) is 7.81. The summed E-state index contributed by atoms with van der Waals surface area (Å²) in [5.74, 6) is 0. The highest BCUT2D eigenvalue weighted by Gasteiger charge is 2.28. The molecule has 2 heterocycles. The smallest absolute Gasteiger partial charge is 0.410 e. The van der Waals surface area contributed by atoms with Crippen molar-refractivity contribution in [2.75, 3.05) is 6.54 Å². The lowest BCUT2D eigenvalue weighted by atomic mass is 10.0. The molecule has 106 valence electrons. The molecule has 0 saturated heterocycles. The Labute approximate surface area is 126 Å². The van der Waals surface area contributed by atoms with Crippen molar-refractivity contribution >= 4 is 33.4 Å². The van der Waals surface area contributed by atoms with Crippen LogP contribution in [0.25, 0.3) is 0 Å². The Morgan fingerprint density at radius 2 is 2.21 bits per heavy atom. The maximum atomic E-state index is 12.1. The van der Waals surface area contributed by atoms with E-state index >= 15 is 0 Å². The zero-order chi connectivity index (χ0) is 14.2. The Morgan fingerprint density at radius 1 is 1.53 bits per heavy atom. The third-order valence-corrected chi connectivity index (χ3v) is 4.98. The van der Waals surface area contributed by atoms with Crippen LogP contribution in [0.5, 0.6) is 0 Å². The quantitative estimate of drug-likeness (QED) is 0.848. The zero-order valence-electron chi connectivity index (χ0n) is 11.5. The lowest BCUT2D eigenvalue weighted by molar-refractivity contribution is 0.0226. The molecule has 0 bridgehead atoms. The highest BCUT2D eigenvalue weighted by molar-refractivity contribution is 9.11. The molecular formula is C13H19BrN2O2S. The first-order valence-electron chi connectivity index (χ1n) is 6.28. The monoisotopic (exact) mass is 346 g/mol. The summed E-state index contributed by atoms with van der Waals surface area (Å²) in [6, 6.07) is 0. The molecule has 0 radical (unpaired) electrons. The number of rotatable bonds is 1. The molecule has 0 unspecified atom stereocenters. The van der Waals surface area contributed by atoms with Crippen LogP contribution in [0.1, 0.15) is 36.8 Å². The van der Waals surface area contributed by atoms with Crippen molar-refractivity contribution in [1.82, 2.24) is 4.90 Å². The minimum Gasteiger partial charge on any atom is -0.444 e. The number of nitrogens with two attached hydrogens (primary N) is 1. The van der Waals surface area contributed by atoms with Crippen LogP contribution in [0.4, 0.5) is 4.79 Å². The van der Waals surface area contributed by atoms with Gasteiger partial charge in [-0.05, 0) is 54.2 Å². The minimum atomic E-state index is -0.449. The van der Waals surface area contributed by atoms with Crippen molar-refractivity contribution in [1.29, 1.82) is 0 Å². The van der Waals surface area contributed by atoms with Gasteiger partial charge in [-0.15, -0.1) is 11.3 Å². The molecule has 4 nitrogen and oxygen atoms in total. The van der Waals surface area contributed by atoms with Crippen molar-refractivity contribution in [2.45, 2.75) is 45.9 Å². The van der Waals surface area contributed by atoms with Gasteiger partial charge in [0.2, 0.25) is 0 Å². The molecule has 1 aliphatic rings. The number of thiophene rings is 1. The van der Waals surface area contributed by atoms with Gasteiger partial charge < -0.3 is 15.4 Å². The van der Waals surface area contributed by atoms with Crippen LogP contribution in [0.3, 0.4) is 0 Å². The van der Waals surface area contributed by atoms with E-state index in [1.54, 1.807) is 16.2 Å². The molecule has 0 atom stereocenters. The largest absolute Gasteiger partial charge is 0.444 e. The number of ether oxygens (including phenoxy) is 1. The molecule has 1 aromatic rings. The topological polar surface area (TPSA) is 55.6 Å². The summed E-state index contributed by atoms with van der Waals surface area (Å²) in [6.45, 7) is 7.50. The summed E-state index contributed by atoms with van der Waals surface area (Å²) in [4.78, 5) is 15.0. The van der Waals surface area contributed by atoms with E-state index in [4.69, 9.17) is 10.5 Å². The van der Waals surface area contributed by atoms with Crippen molar-refractivity contribution in [3.63, 3.8) is 0 Å². The molecule has 0 aliphatic carbocycles. The Morgan fingerprint density at radius 3 is 2.79 bits per heavy atom. The Kier molecular flexibility index (Phi) is 4.23. The fourth-order valence-electron chi connectivity index (χ4n) is 2.12. The Hall–Kier alpha value is -0.590. The molecule has 0 saturated carbocycles. The number of hydrogen-bond acceptors (Lipinski definition) is 4. The van der Waals surface area contributed by atoms with Crippen molar-refractivity contribution in [2.24, 2.45) is 5.73 Å². The van der Waals surface area contributed by atoms with E-state index in [1.807, 2.05) is 20.8 Å². The molecular weight excluding hydrogens is 328 g/mol. The van der Waals surface area contributed by atoms with Crippen LogP contribution in [-0.4, -0.2) is 23.1 Å². The number of hydrogen-bond donors (Lipinski definition) is 1. The van der Waals surface area contributed by atoms with Crippen LogP contribution in [0.2, 0.25) is 0 Å². The van der Waals surface area contributed by atoms with Crippen LogP contribution in [0, 0.1) is 0 Å². The SMILES string of the molecule is CC(C)(C)OC(=O)N1CCc2c(sc(Br)c2CN)C1. The summed E-state index contributed by atoms with van der Waals surface area (Å²) in [5, 5.41) is 0. The van der Waals surface area contributed by atoms with Crippen LogP contribution in [-0.2, 0) is 24.2 Å². The summed E-state index contributed by atoms with van der Waals surface area (Å²) < 4.78 is 6.50. The second kappa shape index (κ2) is 5.42. The number of carbonyl (C=O) groups excluding carboxylic acids is 1. The molecule has 2 rings (SSSR count). The highest BCUT2D eigenvalue weighted by atomic mass is 79.9. The standard InChI is InChI=1S/C13H19BrN2O2S/c1-13(2,3)18-12(17)16-5-4-8-9(6-15)11(14)19-10(8)7-16/h4-7,15H2,1-3H3. The maximum absolute atomic E-state index is 12.1. The van der Waals surface area contributed by atoms with Gasteiger partial charge >= 0.3 is 6.09 Å². The fraction of sp³-hybridized carbons (Fsp3) is 0.615. The van der Waals surface area contributed by atoms with Crippen LogP contribution in [0.15, 0.2) is 3.79 Å². The van der Waals surface area contributed by atoms with Crippen LogP contribution < -0.4 is 5.73 Å².